The molecular formula is C11H9BrN2O4. The summed E-state index contributed by atoms with van der Waals surface area (Å²) in [6.45, 7) is -0.467. The van der Waals surface area contributed by atoms with Crippen LogP contribution in [0.25, 0.3) is 0 Å². The molecular weight excluding hydrogens is 304 g/mol. The standard InChI is InChI=1S/C11H9BrN2O4/c12-7-1-2-8(11(16)17)9(5-7)18-6-10(15)14-4-3-13/h1-2,5H,4,6H2,(H,14,15)(H,16,17). The normalized spacial score (nSPS) is 9.33. The maximum absolute atomic E-state index is 11.2. The van der Waals surface area contributed by atoms with Crippen LogP contribution in [-0.4, -0.2) is 30.1 Å². The van der Waals surface area contributed by atoms with E-state index in [4.69, 9.17) is 15.1 Å². The highest BCUT2D eigenvalue weighted by Gasteiger charge is 2.12. The van der Waals surface area contributed by atoms with Crippen molar-refractivity contribution in [3.8, 4) is 11.8 Å². The molecule has 0 atom stereocenters. The Kier molecular flexibility index (Phi) is 5.14. The Balaban J connectivity index is 2.72. The molecule has 1 rings (SSSR count). The third-order valence-electron chi connectivity index (χ3n) is 1.90. The predicted molar refractivity (Wildman–Crippen MR) is 65.2 cm³/mol. The number of hydrogen-bond donors (Lipinski definition) is 2. The molecule has 1 aromatic rings. The summed E-state index contributed by atoms with van der Waals surface area (Å²) in [7, 11) is 0. The number of nitrogens with one attached hydrogen (secondary N) is 1. The summed E-state index contributed by atoms with van der Waals surface area (Å²) in [6, 6.07) is 6.14. The van der Waals surface area contributed by atoms with E-state index in [1.165, 1.54) is 12.1 Å². The number of benzene rings is 1. The summed E-state index contributed by atoms with van der Waals surface area (Å²) < 4.78 is 5.74. The van der Waals surface area contributed by atoms with Crippen LogP contribution in [0.2, 0.25) is 0 Å². The van der Waals surface area contributed by atoms with Gasteiger partial charge < -0.3 is 15.2 Å². The Hall–Kier alpha value is -2.07. The number of carbonyl (C=O) groups excluding carboxylic acids is 1. The molecule has 7 heteroatoms. The van der Waals surface area contributed by atoms with Crippen molar-refractivity contribution in [1.29, 1.82) is 5.26 Å². The second kappa shape index (κ2) is 6.61. The van der Waals surface area contributed by atoms with Gasteiger partial charge in [0.2, 0.25) is 0 Å². The van der Waals surface area contributed by atoms with Crippen LogP contribution < -0.4 is 10.1 Å². The van der Waals surface area contributed by atoms with Gasteiger partial charge in [-0.1, -0.05) is 15.9 Å². The van der Waals surface area contributed by atoms with E-state index in [-0.39, 0.29) is 24.5 Å². The number of nitrogens with zero attached hydrogens (tertiary/aromatic N) is 1. The van der Waals surface area contributed by atoms with Gasteiger partial charge in [0.05, 0.1) is 6.07 Å². The van der Waals surface area contributed by atoms with Crippen molar-refractivity contribution in [2.75, 3.05) is 13.2 Å². The summed E-state index contributed by atoms with van der Waals surface area (Å²) in [5, 5.41) is 19.5. The van der Waals surface area contributed by atoms with Crippen LogP contribution in [0.3, 0.4) is 0 Å². The van der Waals surface area contributed by atoms with Crippen LogP contribution in [0.4, 0.5) is 0 Å². The maximum Gasteiger partial charge on any atom is 0.339 e. The van der Waals surface area contributed by atoms with Crippen molar-refractivity contribution in [3.05, 3.63) is 28.2 Å². The van der Waals surface area contributed by atoms with Crippen LogP contribution in [0.1, 0.15) is 10.4 Å². The Bertz CT molecular complexity index is 510. The Labute approximate surface area is 111 Å². The lowest BCUT2D eigenvalue weighted by atomic mass is 10.2. The highest BCUT2D eigenvalue weighted by Crippen LogP contribution is 2.23. The average Bonchev–Trinajstić information content (AvgIpc) is 2.33. The molecule has 94 valence electrons. The van der Waals surface area contributed by atoms with E-state index in [1.54, 1.807) is 12.1 Å². The Morgan fingerprint density at radius 3 is 2.83 bits per heavy atom. The van der Waals surface area contributed by atoms with Crippen LogP contribution in [0.5, 0.6) is 5.75 Å². The zero-order chi connectivity index (χ0) is 13.5. The molecule has 0 aliphatic carbocycles. The maximum atomic E-state index is 11.2. The minimum absolute atomic E-state index is 0.0358. The number of carbonyl (C=O) groups is 2. The zero-order valence-corrected chi connectivity index (χ0v) is 10.7. The van der Waals surface area contributed by atoms with Crippen LogP contribution >= 0.6 is 15.9 Å². The molecule has 1 amide bonds. The number of carboxylic acids is 1. The second-order valence-electron chi connectivity index (χ2n) is 3.17. The molecule has 1 aromatic carbocycles. The fourth-order valence-corrected chi connectivity index (χ4v) is 1.46. The third kappa shape index (κ3) is 4.07. The zero-order valence-electron chi connectivity index (χ0n) is 9.14. The Morgan fingerprint density at radius 1 is 1.50 bits per heavy atom. The van der Waals surface area contributed by atoms with E-state index in [1.807, 2.05) is 0 Å². The first-order valence-electron chi connectivity index (χ1n) is 4.84. The van der Waals surface area contributed by atoms with Crippen LogP contribution in [-0.2, 0) is 4.79 Å². The number of hydrogen-bond acceptors (Lipinski definition) is 4. The molecule has 0 saturated carbocycles. The summed E-state index contributed by atoms with van der Waals surface area (Å²) in [6.07, 6.45) is 0. The van der Waals surface area contributed by atoms with Crippen molar-refractivity contribution in [2.24, 2.45) is 0 Å². The number of rotatable bonds is 5. The minimum Gasteiger partial charge on any atom is -0.483 e. The van der Waals surface area contributed by atoms with Gasteiger partial charge in [0.25, 0.3) is 5.91 Å². The summed E-state index contributed by atoms with van der Waals surface area (Å²) in [4.78, 5) is 22.1. The number of amides is 1. The lowest BCUT2D eigenvalue weighted by Gasteiger charge is -2.09. The molecule has 0 unspecified atom stereocenters. The van der Waals surface area contributed by atoms with Crippen LogP contribution in [0.15, 0.2) is 22.7 Å². The van der Waals surface area contributed by atoms with E-state index in [2.05, 4.69) is 21.2 Å². The number of ether oxygens (including phenoxy) is 1. The first-order valence-corrected chi connectivity index (χ1v) is 5.63. The first kappa shape index (κ1) is 14.0. The van der Waals surface area contributed by atoms with Gasteiger partial charge in [0.1, 0.15) is 17.9 Å². The van der Waals surface area contributed by atoms with Crippen molar-refractivity contribution in [2.45, 2.75) is 0 Å². The predicted octanol–water partition coefficient (Wildman–Crippen LogP) is 1.17. The SMILES string of the molecule is N#CCNC(=O)COc1cc(Br)ccc1C(=O)O. The van der Waals surface area contributed by atoms with Crippen molar-refractivity contribution in [3.63, 3.8) is 0 Å². The smallest absolute Gasteiger partial charge is 0.339 e. The molecule has 0 aliphatic rings. The number of carboxylic acid groups (broad SMARTS) is 1. The van der Waals surface area contributed by atoms with Crippen molar-refractivity contribution >= 4 is 27.8 Å². The first-order chi connectivity index (χ1) is 8.54. The van der Waals surface area contributed by atoms with Gasteiger partial charge in [0.15, 0.2) is 6.61 Å². The highest BCUT2D eigenvalue weighted by molar-refractivity contribution is 9.10. The monoisotopic (exact) mass is 312 g/mol. The van der Waals surface area contributed by atoms with E-state index in [0.717, 1.165) is 0 Å². The molecule has 0 fully saturated rings. The Morgan fingerprint density at radius 2 is 2.22 bits per heavy atom. The van der Waals surface area contributed by atoms with Gasteiger partial charge in [-0.25, -0.2) is 4.79 Å². The van der Waals surface area contributed by atoms with Crippen LogP contribution in [0, 0.1) is 11.3 Å². The third-order valence-corrected chi connectivity index (χ3v) is 2.39. The van der Waals surface area contributed by atoms with Gasteiger partial charge in [-0.05, 0) is 18.2 Å². The van der Waals surface area contributed by atoms with E-state index < -0.39 is 11.9 Å². The lowest BCUT2D eigenvalue weighted by molar-refractivity contribution is -0.122. The molecule has 18 heavy (non-hydrogen) atoms. The molecule has 0 aromatic heterocycles. The van der Waals surface area contributed by atoms with Crippen molar-refractivity contribution in [1.82, 2.24) is 5.32 Å². The molecule has 6 nitrogen and oxygen atoms in total. The topological polar surface area (TPSA) is 99.4 Å². The van der Waals surface area contributed by atoms with Gasteiger partial charge in [-0.3, -0.25) is 4.79 Å². The van der Waals surface area contributed by atoms with E-state index in [0.29, 0.717) is 4.47 Å². The van der Waals surface area contributed by atoms with E-state index in [9.17, 15) is 9.59 Å². The summed E-state index contributed by atoms with van der Waals surface area (Å²) in [5.74, 6) is -1.55. The summed E-state index contributed by atoms with van der Waals surface area (Å²) in [5.41, 5.74) is -0.0358. The number of aromatic carboxylic acids is 1. The highest BCUT2D eigenvalue weighted by atomic mass is 79.9. The van der Waals surface area contributed by atoms with Crippen molar-refractivity contribution < 1.29 is 19.4 Å². The molecule has 0 bridgehead atoms. The molecule has 0 spiro atoms. The lowest BCUT2D eigenvalue weighted by Crippen LogP contribution is -2.29. The molecule has 0 radical (unpaired) electrons. The van der Waals surface area contributed by atoms with E-state index >= 15 is 0 Å². The minimum atomic E-state index is -1.14. The second-order valence-corrected chi connectivity index (χ2v) is 4.08. The average molecular weight is 313 g/mol. The largest absolute Gasteiger partial charge is 0.483 e. The molecule has 0 saturated heterocycles. The van der Waals surface area contributed by atoms with Gasteiger partial charge in [-0.2, -0.15) is 5.26 Å². The van der Waals surface area contributed by atoms with Gasteiger partial charge in [-0.15, -0.1) is 0 Å². The van der Waals surface area contributed by atoms with Gasteiger partial charge in [0, 0.05) is 4.47 Å². The molecule has 0 aliphatic heterocycles. The summed E-state index contributed by atoms with van der Waals surface area (Å²) >= 11 is 3.18. The quantitative estimate of drug-likeness (QED) is 0.795. The molecule has 0 heterocycles. The fourth-order valence-electron chi connectivity index (χ4n) is 1.12. The number of halogens is 1. The fraction of sp³-hybridized carbons (Fsp3) is 0.182. The van der Waals surface area contributed by atoms with Gasteiger partial charge >= 0.3 is 5.97 Å². The number of nitriles is 1. The molecule has 2 N–H and O–H groups in total.